The predicted octanol–water partition coefficient (Wildman–Crippen LogP) is 4.77. The van der Waals surface area contributed by atoms with E-state index in [2.05, 4.69) is 5.32 Å². The van der Waals surface area contributed by atoms with Gasteiger partial charge < -0.3 is 10.2 Å². The van der Waals surface area contributed by atoms with Crippen LogP contribution in [0.25, 0.3) is 0 Å². The second kappa shape index (κ2) is 8.37. The number of nitrogens with zero attached hydrogens (tertiary/aromatic N) is 1. The van der Waals surface area contributed by atoms with E-state index in [4.69, 9.17) is 0 Å². The van der Waals surface area contributed by atoms with Crippen molar-refractivity contribution in [2.45, 2.75) is 38.8 Å². The lowest BCUT2D eigenvalue weighted by molar-refractivity contribution is -0.137. The monoisotopic (exact) mass is 400 g/mol. The number of thioether (sulfide) groups is 1. The van der Waals surface area contributed by atoms with E-state index in [1.165, 1.54) is 12.1 Å². The fourth-order valence-electron chi connectivity index (χ4n) is 2.68. The second-order valence-corrected chi connectivity index (χ2v) is 8.39. The van der Waals surface area contributed by atoms with E-state index in [1.54, 1.807) is 4.90 Å². The second-order valence-electron chi connectivity index (χ2n) is 7.30. The molecule has 0 aromatic heterocycles. The van der Waals surface area contributed by atoms with Gasteiger partial charge in [0.1, 0.15) is 0 Å². The van der Waals surface area contributed by atoms with Crippen molar-refractivity contribution in [1.82, 2.24) is 4.90 Å². The highest BCUT2D eigenvalue weighted by Gasteiger charge is 2.32. The van der Waals surface area contributed by atoms with Crippen LogP contribution in [-0.4, -0.2) is 29.8 Å². The topological polar surface area (TPSA) is 49.4 Å². The molecule has 0 atom stereocenters. The normalized spacial score (nSPS) is 15.9. The SMILES string of the molecule is CC(C)CN(CC(C)C)C(=O)/C=C1\Sc2ccc(C(F)(F)F)cc2NC1=O. The molecule has 8 heteroatoms. The van der Waals surface area contributed by atoms with Crippen LogP contribution in [0.4, 0.5) is 18.9 Å². The highest BCUT2D eigenvalue weighted by molar-refractivity contribution is 8.04. The lowest BCUT2D eigenvalue weighted by atomic mass is 10.1. The largest absolute Gasteiger partial charge is 0.416 e. The molecule has 148 valence electrons. The number of fused-ring (bicyclic) bond motifs is 1. The van der Waals surface area contributed by atoms with Crippen LogP contribution in [0.15, 0.2) is 34.1 Å². The molecule has 1 aromatic carbocycles. The van der Waals surface area contributed by atoms with Gasteiger partial charge in [-0.05, 0) is 30.0 Å². The molecule has 1 N–H and O–H groups in total. The number of alkyl halides is 3. The summed E-state index contributed by atoms with van der Waals surface area (Å²) in [5.41, 5.74) is -0.726. The van der Waals surface area contributed by atoms with Crippen LogP contribution in [0.2, 0.25) is 0 Å². The first-order valence-corrected chi connectivity index (χ1v) is 9.50. The summed E-state index contributed by atoms with van der Waals surface area (Å²) in [6.45, 7) is 9.15. The molecule has 0 fully saturated rings. The number of anilines is 1. The van der Waals surface area contributed by atoms with Crippen molar-refractivity contribution in [1.29, 1.82) is 0 Å². The molecule has 2 rings (SSSR count). The Morgan fingerprint density at radius 3 is 2.30 bits per heavy atom. The van der Waals surface area contributed by atoms with Crippen LogP contribution >= 0.6 is 11.8 Å². The van der Waals surface area contributed by atoms with Crippen LogP contribution in [0.3, 0.4) is 0 Å². The zero-order chi connectivity index (χ0) is 20.4. The zero-order valence-electron chi connectivity index (χ0n) is 15.7. The summed E-state index contributed by atoms with van der Waals surface area (Å²) in [4.78, 5) is 27.2. The molecule has 1 aromatic rings. The standard InChI is InChI=1S/C19H23F3N2O2S/c1-11(2)9-24(10-12(3)4)17(25)8-16-18(26)23-14-7-13(19(20,21)22)5-6-15(14)27-16/h5-8,11-12H,9-10H2,1-4H3,(H,23,26)/b16-8-. The molecule has 27 heavy (non-hydrogen) atoms. The summed E-state index contributed by atoms with van der Waals surface area (Å²) in [7, 11) is 0. The number of halogens is 3. The fourth-order valence-corrected chi connectivity index (χ4v) is 3.57. The molecule has 0 aliphatic carbocycles. The molecule has 1 heterocycles. The molecule has 0 saturated heterocycles. The Hall–Kier alpha value is -1.96. The van der Waals surface area contributed by atoms with Crippen molar-refractivity contribution < 1.29 is 22.8 Å². The van der Waals surface area contributed by atoms with Crippen molar-refractivity contribution in [2.75, 3.05) is 18.4 Å². The quantitative estimate of drug-likeness (QED) is 0.724. The first-order valence-electron chi connectivity index (χ1n) is 8.68. The van der Waals surface area contributed by atoms with Crippen molar-refractivity contribution in [3.63, 3.8) is 0 Å². The Morgan fingerprint density at radius 2 is 1.78 bits per heavy atom. The van der Waals surface area contributed by atoms with E-state index in [0.29, 0.717) is 18.0 Å². The minimum Gasteiger partial charge on any atom is -0.339 e. The number of nitrogens with one attached hydrogen (secondary N) is 1. The molecule has 0 bridgehead atoms. The average Bonchev–Trinajstić information content (AvgIpc) is 2.52. The van der Waals surface area contributed by atoms with Crippen molar-refractivity contribution >= 4 is 29.3 Å². The van der Waals surface area contributed by atoms with Crippen LogP contribution in [0, 0.1) is 11.8 Å². The molecule has 0 unspecified atom stereocenters. The Kier molecular flexibility index (Phi) is 6.62. The number of rotatable bonds is 5. The first-order chi connectivity index (χ1) is 12.5. The maximum atomic E-state index is 12.8. The smallest absolute Gasteiger partial charge is 0.339 e. The molecule has 2 amide bonds. The lowest BCUT2D eigenvalue weighted by Crippen LogP contribution is -2.36. The van der Waals surface area contributed by atoms with Gasteiger partial charge in [0.2, 0.25) is 5.91 Å². The number of carbonyl (C=O) groups is 2. The third-order valence-corrected chi connectivity index (χ3v) is 4.84. The summed E-state index contributed by atoms with van der Waals surface area (Å²) < 4.78 is 38.5. The van der Waals surface area contributed by atoms with E-state index >= 15 is 0 Å². The molecule has 0 radical (unpaired) electrons. The van der Waals surface area contributed by atoms with Gasteiger partial charge in [-0.3, -0.25) is 9.59 Å². The van der Waals surface area contributed by atoms with Crippen molar-refractivity contribution in [2.24, 2.45) is 11.8 Å². The molecule has 0 saturated carbocycles. The molecular formula is C19H23F3N2O2S. The predicted molar refractivity (Wildman–Crippen MR) is 100 cm³/mol. The number of carbonyl (C=O) groups excluding carboxylic acids is 2. The minimum absolute atomic E-state index is 0.102. The third kappa shape index (κ3) is 5.76. The summed E-state index contributed by atoms with van der Waals surface area (Å²) in [6.07, 6.45) is -3.21. The Morgan fingerprint density at radius 1 is 1.19 bits per heavy atom. The van der Waals surface area contributed by atoms with Gasteiger partial charge in [-0.25, -0.2) is 0 Å². The van der Waals surface area contributed by atoms with E-state index in [-0.39, 0.29) is 28.3 Å². The minimum atomic E-state index is -4.48. The van der Waals surface area contributed by atoms with Gasteiger partial charge in [-0.15, -0.1) is 0 Å². The van der Waals surface area contributed by atoms with E-state index < -0.39 is 17.6 Å². The van der Waals surface area contributed by atoms with Gasteiger partial charge in [-0.1, -0.05) is 39.5 Å². The van der Waals surface area contributed by atoms with E-state index in [1.807, 2.05) is 27.7 Å². The summed E-state index contributed by atoms with van der Waals surface area (Å²) in [5, 5.41) is 2.45. The van der Waals surface area contributed by atoms with Gasteiger partial charge >= 0.3 is 6.18 Å². The molecular weight excluding hydrogens is 377 g/mol. The number of amides is 2. The van der Waals surface area contributed by atoms with Gasteiger partial charge in [-0.2, -0.15) is 13.2 Å². The Labute approximate surface area is 161 Å². The van der Waals surface area contributed by atoms with E-state index in [9.17, 15) is 22.8 Å². The summed E-state index contributed by atoms with van der Waals surface area (Å²) in [5.74, 6) is -0.291. The average molecular weight is 400 g/mol. The van der Waals surface area contributed by atoms with Gasteiger partial charge in [0, 0.05) is 24.1 Å². The summed E-state index contributed by atoms with van der Waals surface area (Å²) in [6, 6.07) is 3.18. The number of benzene rings is 1. The van der Waals surface area contributed by atoms with Gasteiger partial charge in [0.05, 0.1) is 16.2 Å². The van der Waals surface area contributed by atoms with E-state index in [0.717, 1.165) is 23.9 Å². The van der Waals surface area contributed by atoms with Crippen LogP contribution in [0.5, 0.6) is 0 Å². The third-order valence-electron chi connectivity index (χ3n) is 3.74. The summed E-state index contributed by atoms with van der Waals surface area (Å²) >= 11 is 1.00. The van der Waals surface area contributed by atoms with Gasteiger partial charge in [0.25, 0.3) is 5.91 Å². The van der Waals surface area contributed by atoms with Gasteiger partial charge in [0.15, 0.2) is 0 Å². The van der Waals surface area contributed by atoms with Crippen molar-refractivity contribution in [3.8, 4) is 0 Å². The Bertz CT molecular complexity index is 748. The highest BCUT2D eigenvalue weighted by atomic mass is 32.2. The maximum Gasteiger partial charge on any atom is 0.416 e. The molecule has 0 spiro atoms. The number of hydrogen-bond acceptors (Lipinski definition) is 3. The van der Waals surface area contributed by atoms with Crippen LogP contribution < -0.4 is 5.32 Å². The molecule has 1 aliphatic rings. The first kappa shape index (κ1) is 21.3. The highest BCUT2D eigenvalue weighted by Crippen LogP contribution is 2.41. The van der Waals surface area contributed by atoms with Crippen LogP contribution in [0.1, 0.15) is 33.3 Å². The zero-order valence-corrected chi connectivity index (χ0v) is 16.5. The molecule has 4 nitrogen and oxygen atoms in total. The maximum absolute atomic E-state index is 12.8. The Balaban J connectivity index is 2.24. The van der Waals surface area contributed by atoms with Crippen molar-refractivity contribution in [3.05, 3.63) is 34.7 Å². The fraction of sp³-hybridized carbons (Fsp3) is 0.474. The molecule has 1 aliphatic heterocycles. The van der Waals surface area contributed by atoms with Crippen LogP contribution in [-0.2, 0) is 15.8 Å². The number of hydrogen-bond donors (Lipinski definition) is 1. The lowest BCUT2D eigenvalue weighted by Gasteiger charge is -2.26.